The van der Waals surface area contributed by atoms with Gasteiger partial charge in [0.2, 0.25) is 0 Å². The van der Waals surface area contributed by atoms with Crippen molar-refractivity contribution in [2.75, 3.05) is 6.61 Å². The Kier molecular flexibility index (Phi) is 8.35. The second-order valence-corrected chi connectivity index (χ2v) is 9.72. The van der Waals surface area contributed by atoms with E-state index in [2.05, 4.69) is 26.8 Å². The maximum atomic E-state index is 12.7. The lowest BCUT2D eigenvalue weighted by Crippen LogP contribution is -2.36. The Morgan fingerprint density at radius 1 is 1.09 bits per heavy atom. The molecule has 1 aliphatic rings. The van der Waals surface area contributed by atoms with Gasteiger partial charge in [-0.3, -0.25) is 0 Å². The van der Waals surface area contributed by atoms with Crippen LogP contribution in [0, 0.1) is 29.1 Å². The lowest BCUT2D eigenvalue weighted by molar-refractivity contribution is -0.159. The third-order valence-electron chi connectivity index (χ3n) is 5.90. The fraction of sp³-hybridized carbons (Fsp3) is 0.423. The molecule has 32 heavy (non-hydrogen) atoms. The van der Waals surface area contributed by atoms with Gasteiger partial charge in [0, 0.05) is 9.79 Å². The van der Waals surface area contributed by atoms with E-state index in [0.717, 1.165) is 24.2 Å². The number of hydrogen-bond acceptors (Lipinski definition) is 6. The minimum Gasteiger partial charge on any atom is -0.460 e. The molecule has 0 amide bonds. The van der Waals surface area contributed by atoms with Gasteiger partial charge in [-0.1, -0.05) is 63.2 Å². The van der Waals surface area contributed by atoms with E-state index in [4.69, 9.17) is 9.47 Å². The Labute approximate surface area is 194 Å². The molecule has 6 heteroatoms. The summed E-state index contributed by atoms with van der Waals surface area (Å²) in [5, 5.41) is 9.32. The third-order valence-corrected chi connectivity index (χ3v) is 7.05. The van der Waals surface area contributed by atoms with Gasteiger partial charge in [-0.15, -0.1) is 0 Å². The van der Waals surface area contributed by atoms with Gasteiger partial charge in [-0.25, -0.2) is 9.59 Å². The second kappa shape index (κ2) is 11.2. The lowest BCUT2D eigenvalue weighted by Gasteiger charge is -2.36. The molecule has 0 aliphatic heterocycles. The summed E-state index contributed by atoms with van der Waals surface area (Å²) < 4.78 is 11.0. The molecule has 0 radical (unpaired) electrons. The molecule has 0 spiro atoms. The van der Waals surface area contributed by atoms with Gasteiger partial charge < -0.3 is 9.47 Å². The highest BCUT2D eigenvalue weighted by molar-refractivity contribution is 7.99. The lowest BCUT2D eigenvalue weighted by atomic mass is 9.75. The predicted molar refractivity (Wildman–Crippen MR) is 123 cm³/mol. The third kappa shape index (κ3) is 6.14. The summed E-state index contributed by atoms with van der Waals surface area (Å²) in [5.41, 5.74) is 0.884. The molecule has 5 nitrogen and oxygen atoms in total. The highest BCUT2D eigenvalue weighted by Crippen LogP contribution is 2.35. The summed E-state index contributed by atoms with van der Waals surface area (Å²) >= 11 is 1.32. The van der Waals surface area contributed by atoms with Gasteiger partial charge in [-0.2, -0.15) is 5.26 Å². The van der Waals surface area contributed by atoms with Gasteiger partial charge in [0.05, 0.1) is 11.1 Å². The summed E-state index contributed by atoms with van der Waals surface area (Å²) in [6, 6.07) is 16.4. The van der Waals surface area contributed by atoms with Crippen molar-refractivity contribution >= 4 is 23.7 Å². The van der Waals surface area contributed by atoms with Crippen LogP contribution in [0.2, 0.25) is 0 Å². The maximum absolute atomic E-state index is 12.7. The van der Waals surface area contributed by atoms with E-state index in [-0.39, 0.29) is 6.10 Å². The highest BCUT2D eigenvalue weighted by Gasteiger charge is 2.33. The average Bonchev–Trinajstić information content (AvgIpc) is 2.78. The number of nitrogens with zero attached hydrogens (tertiary/aromatic N) is 1. The first-order valence-corrected chi connectivity index (χ1v) is 11.8. The number of hydrogen-bond donors (Lipinski definition) is 0. The van der Waals surface area contributed by atoms with Crippen molar-refractivity contribution in [1.29, 1.82) is 5.26 Å². The van der Waals surface area contributed by atoms with Crippen molar-refractivity contribution in [1.82, 2.24) is 0 Å². The van der Waals surface area contributed by atoms with Gasteiger partial charge in [-0.05, 0) is 54.9 Å². The molecule has 3 rings (SSSR count). The summed E-state index contributed by atoms with van der Waals surface area (Å²) in [5.74, 6) is 0.191. The van der Waals surface area contributed by atoms with Crippen LogP contribution in [0.5, 0.6) is 0 Å². The van der Waals surface area contributed by atoms with E-state index in [1.807, 2.05) is 18.2 Å². The van der Waals surface area contributed by atoms with Crippen LogP contribution in [0.1, 0.15) is 56.0 Å². The molecular weight excluding hydrogens is 422 g/mol. The topological polar surface area (TPSA) is 76.4 Å². The summed E-state index contributed by atoms with van der Waals surface area (Å²) in [6.45, 7) is 6.07. The second-order valence-electron chi connectivity index (χ2n) is 8.64. The monoisotopic (exact) mass is 451 g/mol. The van der Waals surface area contributed by atoms with Crippen LogP contribution in [0.4, 0.5) is 0 Å². The Hall–Kier alpha value is -2.78. The number of carbonyl (C=O) groups excluding carboxylic acids is 2. The summed E-state index contributed by atoms with van der Waals surface area (Å²) in [6.07, 6.45) is 2.91. The molecular formula is C26H29NO4S. The number of nitriles is 1. The smallest absolute Gasteiger partial charge is 0.344 e. The van der Waals surface area contributed by atoms with Crippen LogP contribution >= 0.6 is 11.8 Å². The molecule has 0 bridgehead atoms. The van der Waals surface area contributed by atoms with Gasteiger partial charge in [0.15, 0.2) is 6.61 Å². The first-order chi connectivity index (χ1) is 15.4. The van der Waals surface area contributed by atoms with Crippen LogP contribution in [-0.2, 0) is 14.3 Å². The molecule has 0 heterocycles. The molecule has 0 saturated heterocycles. The standard InChI is InChI=1S/C26H29NO4S/c1-17(2)20-13-12-18(3)14-22(20)31-25(28)16-30-26(29)21-9-5-7-11-24(21)32-23-10-6-4-8-19(23)15-27/h4-11,17-18,20,22H,12-14,16H2,1-3H3. The Morgan fingerprint density at radius 2 is 1.78 bits per heavy atom. The Bertz CT molecular complexity index is 997. The number of carbonyl (C=O) groups is 2. The van der Waals surface area contributed by atoms with E-state index >= 15 is 0 Å². The highest BCUT2D eigenvalue weighted by atomic mass is 32.2. The zero-order valence-corrected chi connectivity index (χ0v) is 19.6. The molecule has 0 N–H and O–H groups in total. The quantitative estimate of drug-likeness (QED) is 0.490. The number of ether oxygens (including phenoxy) is 2. The van der Waals surface area contributed by atoms with Crippen LogP contribution in [0.15, 0.2) is 58.3 Å². The van der Waals surface area contributed by atoms with E-state index in [1.54, 1.807) is 30.3 Å². The predicted octanol–water partition coefficient (Wildman–Crippen LogP) is 5.87. The van der Waals surface area contributed by atoms with Gasteiger partial charge in [0.25, 0.3) is 0 Å². The zero-order valence-electron chi connectivity index (χ0n) is 18.7. The number of esters is 2. The maximum Gasteiger partial charge on any atom is 0.344 e. The normalized spacial score (nSPS) is 20.4. The molecule has 0 aromatic heterocycles. The minimum absolute atomic E-state index is 0.129. The first kappa shape index (κ1) is 23.9. The molecule has 3 unspecified atom stereocenters. The van der Waals surface area contributed by atoms with Crippen molar-refractivity contribution in [2.45, 2.75) is 55.9 Å². The molecule has 3 atom stereocenters. The van der Waals surface area contributed by atoms with Crippen molar-refractivity contribution in [3.8, 4) is 6.07 Å². The summed E-state index contributed by atoms with van der Waals surface area (Å²) in [4.78, 5) is 26.6. The molecule has 1 fully saturated rings. The number of rotatable bonds is 7. The van der Waals surface area contributed by atoms with Crippen molar-refractivity contribution in [2.24, 2.45) is 17.8 Å². The van der Waals surface area contributed by atoms with Crippen LogP contribution in [0.3, 0.4) is 0 Å². The zero-order chi connectivity index (χ0) is 23.1. The Balaban J connectivity index is 1.63. The molecule has 168 valence electrons. The Morgan fingerprint density at radius 3 is 2.50 bits per heavy atom. The molecule has 1 aliphatic carbocycles. The van der Waals surface area contributed by atoms with Gasteiger partial charge >= 0.3 is 11.9 Å². The SMILES string of the molecule is CC1CCC(C(C)C)C(OC(=O)COC(=O)c2ccccc2Sc2ccccc2C#N)C1. The average molecular weight is 452 g/mol. The summed E-state index contributed by atoms with van der Waals surface area (Å²) in [7, 11) is 0. The number of benzene rings is 2. The van der Waals surface area contributed by atoms with E-state index in [9.17, 15) is 14.9 Å². The largest absolute Gasteiger partial charge is 0.460 e. The van der Waals surface area contributed by atoms with E-state index < -0.39 is 18.5 Å². The van der Waals surface area contributed by atoms with Crippen molar-refractivity contribution in [3.63, 3.8) is 0 Å². The van der Waals surface area contributed by atoms with Crippen molar-refractivity contribution < 1.29 is 19.1 Å². The van der Waals surface area contributed by atoms with E-state index in [0.29, 0.717) is 33.8 Å². The van der Waals surface area contributed by atoms with E-state index in [1.165, 1.54) is 11.8 Å². The van der Waals surface area contributed by atoms with Crippen LogP contribution in [-0.4, -0.2) is 24.6 Å². The van der Waals surface area contributed by atoms with Crippen molar-refractivity contribution in [3.05, 3.63) is 59.7 Å². The molecule has 2 aromatic carbocycles. The fourth-order valence-electron chi connectivity index (χ4n) is 4.15. The van der Waals surface area contributed by atoms with Gasteiger partial charge in [0.1, 0.15) is 12.2 Å². The minimum atomic E-state index is -0.586. The van der Waals surface area contributed by atoms with Crippen LogP contribution < -0.4 is 0 Å². The van der Waals surface area contributed by atoms with Crippen LogP contribution in [0.25, 0.3) is 0 Å². The molecule has 2 aromatic rings. The first-order valence-electron chi connectivity index (χ1n) is 11.0. The fourth-order valence-corrected chi connectivity index (χ4v) is 5.16. The molecule has 1 saturated carbocycles.